The van der Waals surface area contributed by atoms with E-state index < -0.39 is 0 Å². The molecule has 0 N–H and O–H groups in total. The van der Waals surface area contributed by atoms with Crippen LogP contribution in [0.3, 0.4) is 0 Å². The highest BCUT2D eigenvalue weighted by Gasteiger charge is 2.11. The standard InChI is InChI=1S/C13H18ClNO/c1-3-15(13(16)8-9-14)10-12-7-5-4-6-11(12)2/h4-7H,3,8-10H2,1-2H3. The van der Waals surface area contributed by atoms with E-state index in [1.165, 1.54) is 11.1 Å². The second-order valence-corrected chi connectivity index (χ2v) is 4.15. The van der Waals surface area contributed by atoms with Crippen LogP contribution in [0.15, 0.2) is 24.3 Å². The number of amides is 1. The molecule has 0 aliphatic heterocycles. The molecule has 0 radical (unpaired) electrons. The first-order valence-corrected chi connectivity index (χ1v) is 6.10. The third kappa shape index (κ3) is 3.53. The number of hydrogen-bond donors (Lipinski definition) is 0. The molecule has 0 atom stereocenters. The first-order valence-electron chi connectivity index (χ1n) is 5.57. The summed E-state index contributed by atoms with van der Waals surface area (Å²) in [6.45, 7) is 5.46. The number of nitrogens with zero attached hydrogens (tertiary/aromatic N) is 1. The summed E-state index contributed by atoms with van der Waals surface area (Å²) in [6, 6.07) is 8.14. The van der Waals surface area contributed by atoms with Crippen LogP contribution in [0.5, 0.6) is 0 Å². The fraction of sp³-hybridized carbons (Fsp3) is 0.462. The molecule has 0 saturated heterocycles. The van der Waals surface area contributed by atoms with Crippen molar-refractivity contribution in [3.8, 4) is 0 Å². The van der Waals surface area contributed by atoms with Crippen LogP contribution in [-0.2, 0) is 11.3 Å². The van der Waals surface area contributed by atoms with E-state index >= 15 is 0 Å². The number of alkyl halides is 1. The monoisotopic (exact) mass is 239 g/mol. The Hall–Kier alpha value is -1.02. The van der Waals surface area contributed by atoms with Crippen LogP contribution in [0.1, 0.15) is 24.5 Å². The van der Waals surface area contributed by atoms with E-state index in [-0.39, 0.29) is 5.91 Å². The van der Waals surface area contributed by atoms with Crippen molar-refractivity contribution >= 4 is 17.5 Å². The molecule has 0 saturated carbocycles. The van der Waals surface area contributed by atoms with Crippen molar-refractivity contribution < 1.29 is 4.79 Å². The van der Waals surface area contributed by atoms with Gasteiger partial charge in [-0.15, -0.1) is 11.6 Å². The average Bonchev–Trinajstić information content (AvgIpc) is 2.28. The number of rotatable bonds is 5. The van der Waals surface area contributed by atoms with Crippen LogP contribution in [0, 0.1) is 6.92 Å². The van der Waals surface area contributed by atoms with Crippen LogP contribution in [0.25, 0.3) is 0 Å². The molecule has 0 heterocycles. The topological polar surface area (TPSA) is 20.3 Å². The molecule has 1 rings (SSSR count). The summed E-state index contributed by atoms with van der Waals surface area (Å²) in [7, 11) is 0. The van der Waals surface area contributed by atoms with Crippen molar-refractivity contribution in [1.29, 1.82) is 0 Å². The SMILES string of the molecule is CCN(Cc1ccccc1C)C(=O)CCCl. The predicted octanol–water partition coefficient (Wildman–Crippen LogP) is 2.97. The van der Waals surface area contributed by atoms with Gasteiger partial charge in [-0.25, -0.2) is 0 Å². The maximum absolute atomic E-state index is 11.7. The largest absolute Gasteiger partial charge is 0.339 e. The number of carbonyl (C=O) groups excluding carboxylic acids is 1. The second-order valence-electron chi connectivity index (χ2n) is 3.77. The highest BCUT2D eigenvalue weighted by Crippen LogP contribution is 2.11. The van der Waals surface area contributed by atoms with Crippen LogP contribution in [0.4, 0.5) is 0 Å². The highest BCUT2D eigenvalue weighted by atomic mass is 35.5. The molecule has 0 unspecified atom stereocenters. The Morgan fingerprint density at radius 3 is 2.62 bits per heavy atom. The van der Waals surface area contributed by atoms with E-state index in [1.807, 2.05) is 24.0 Å². The lowest BCUT2D eigenvalue weighted by atomic mass is 10.1. The zero-order valence-corrected chi connectivity index (χ0v) is 10.6. The fourth-order valence-electron chi connectivity index (χ4n) is 1.61. The maximum Gasteiger partial charge on any atom is 0.224 e. The van der Waals surface area contributed by atoms with Crippen molar-refractivity contribution in [2.45, 2.75) is 26.8 Å². The quantitative estimate of drug-likeness (QED) is 0.724. The summed E-state index contributed by atoms with van der Waals surface area (Å²) >= 11 is 5.58. The molecule has 0 fully saturated rings. The molecular weight excluding hydrogens is 222 g/mol. The Morgan fingerprint density at radius 2 is 2.06 bits per heavy atom. The summed E-state index contributed by atoms with van der Waals surface area (Å²) in [5, 5.41) is 0. The molecular formula is C13H18ClNO. The number of benzene rings is 1. The Bertz CT molecular complexity index is 352. The molecule has 0 aliphatic carbocycles. The second kappa shape index (κ2) is 6.54. The number of hydrogen-bond acceptors (Lipinski definition) is 1. The van der Waals surface area contributed by atoms with Gasteiger partial charge in [0, 0.05) is 25.4 Å². The van der Waals surface area contributed by atoms with E-state index in [9.17, 15) is 4.79 Å². The molecule has 0 aromatic heterocycles. The van der Waals surface area contributed by atoms with Gasteiger partial charge in [0.1, 0.15) is 0 Å². The Balaban J connectivity index is 2.70. The maximum atomic E-state index is 11.7. The summed E-state index contributed by atoms with van der Waals surface area (Å²) in [4.78, 5) is 13.6. The van der Waals surface area contributed by atoms with Crippen molar-refractivity contribution in [1.82, 2.24) is 4.90 Å². The van der Waals surface area contributed by atoms with E-state index in [2.05, 4.69) is 19.1 Å². The number of halogens is 1. The number of aryl methyl sites for hydroxylation is 1. The Kier molecular flexibility index (Phi) is 5.33. The zero-order valence-electron chi connectivity index (χ0n) is 9.87. The van der Waals surface area contributed by atoms with Gasteiger partial charge in [-0.2, -0.15) is 0 Å². The van der Waals surface area contributed by atoms with Crippen LogP contribution >= 0.6 is 11.6 Å². The molecule has 16 heavy (non-hydrogen) atoms. The van der Waals surface area contributed by atoms with E-state index in [0.717, 1.165) is 6.54 Å². The molecule has 1 aromatic rings. The summed E-state index contributed by atoms with van der Waals surface area (Å²) in [5.41, 5.74) is 2.42. The van der Waals surface area contributed by atoms with Gasteiger partial charge in [0.05, 0.1) is 0 Å². The molecule has 1 aromatic carbocycles. The van der Waals surface area contributed by atoms with Crippen molar-refractivity contribution in [2.24, 2.45) is 0 Å². The minimum Gasteiger partial charge on any atom is -0.339 e. The van der Waals surface area contributed by atoms with Gasteiger partial charge >= 0.3 is 0 Å². The normalized spacial score (nSPS) is 10.2. The Labute approximate surface area is 102 Å². The molecule has 3 heteroatoms. The van der Waals surface area contributed by atoms with Gasteiger partial charge in [-0.3, -0.25) is 4.79 Å². The van der Waals surface area contributed by atoms with Crippen molar-refractivity contribution in [2.75, 3.05) is 12.4 Å². The minimum atomic E-state index is 0.126. The van der Waals surface area contributed by atoms with Gasteiger partial charge in [0.2, 0.25) is 5.91 Å². The lowest BCUT2D eigenvalue weighted by Gasteiger charge is -2.21. The summed E-state index contributed by atoms with van der Waals surface area (Å²) in [6.07, 6.45) is 0.418. The Morgan fingerprint density at radius 1 is 1.38 bits per heavy atom. The third-order valence-electron chi connectivity index (χ3n) is 2.67. The molecule has 0 aliphatic rings. The van der Waals surface area contributed by atoms with Crippen LogP contribution in [-0.4, -0.2) is 23.2 Å². The first-order chi connectivity index (χ1) is 7.69. The van der Waals surface area contributed by atoms with Gasteiger partial charge in [0.15, 0.2) is 0 Å². The van der Waals surface area contributed by atoms with Gasteiger partial charge < -0.3 is 4.90 Å². The van der Waals surface area contributed by atoms with Crippen LogP contribution in [0.2, 0.25) is 0 Å². The number of carbonyl (C=O) groups is 1. The van der Waals surface area contributed by atoms with Crippen molar-refractivity contribution in [3.63, 3.8) is 0 Å². The first kappa shape index (κ1) is 13.0. The molecule has 0 bridgehead atoms. The molecule has 88 valence electrons. The van der Waals surface area contributed by atoms with E-state index in [4.69, 9.17) is 11.6 Å². The highest BCUT2D eigenvalue weighted by molar-refractivity contribution is 6.18. The average molecular weight is 240 g/mol. The third-order valence-corrected chi connectivity index (χ3v) is 2.85. The smallest absolute Gasteiger partial charge is 0.224 e. The molecule has 2 nitrogen and oxygen atoms in total. The fourth-order valence-corrected chi connectivity index (χ4v) is 1.77. The summed E-state index contributed by atoms with van der Waals surface area (Å²) in [5.74, 6) is 0.518. The van der Waals surface area contributed by atoms with Gasteiger partial charge in [0.25, 0.3) is 0 Å². The van der Waals surface area contributed by atoms with E-state index in [0.29, 0.717) is 18.8 Å². The van der Waals surface area contributed by atoms with Gasteiger partial charge in [-0.05, 0) is 25.0 Å². The predicted molar refractivity (Wildman–Crippen MR) is 67.6 cm³/mol. The molecule has 0 spiro atoms. The zero-order chi connectivity index (χ0) is 12.0. The summed E-state index contributed by atoms with van der Waals surface area (Å²) < 4.78 is 0. The van der Waals surface area contributed by atoms with Gasteiger partial charge in [-0.1, -0.05) is 24.3 Å². The van der Waals surface area contributed by atoms with Crippen molar-refractivity contribution in [3.05, 3.63) is 35.4 Å². The van der Waals surface area contributed by atoms with Crippen LogP contribution < -0.4 is 0 Å². The molecule has 1 amide bonds. The lowest BCUT2D eigenvalue weighted by Crippen LogP contribution is -2.30. The van der Waals surface area contributed by atoms with E-state index in [1.54, 1.807) is 0 Å². The lowest BCUT2D eigenvalue weighted by molar-refractivity contribution is -0.131. The minimum absolute atomic E-state index is 0.126.